The maximum Gasteiger partial charge on any atom is 0.573 e. The van der Waals surface area contributed by atoms with Gasteiger partial charge in [-0.3, -0.25) is 9.59 Å². The zero-order valence-corrected chi connectivity index (χ0v) is 13.4. The molecule has 1 saturated heterocycles. The lowest BCUT2D eigenvalue weighted by molar-refractivity contribution is -0.274. The molecule has 25 heavy (non-hydrogen) atoms. The van der Waals surface area contributed by atoms with E-state index in [1.54, 1.807) is 25.2 Å². The molecule has 0 spiro atoms. The summed E-state index contributed by atoms with van der Waals surface area (Å²) >= 11 is 0. The number of hydrogen-bond donors (Lipinski definition) is 1. The third-order valence-electron chi connectivity index (χ3n) is 3.44. The van der Waals surface area contributed by atoms with Crippen molar-refractivity contribution in [1.29, 1.82) is 0 Å². The normalized spacial score (nSPS) is 18.3. The number of rotatable bonds is 5. The summed E-state index contributed by atoms with van der Waals surface area (Å²) in [5.74, 6) is -1.19. The van der Waals surface area contributed by atoms with E-state index in [0.717, 1.165) is 12.1 Å². The van der Waals surface area contributed by atoms with Crippen LogP contribution in [0.15, 0.2) is 48.6 Å². The SMILES string of the molecule is CC=CC=CC(=O)NC1CCN(c2cccc(OC(F)(F)F)c2)C1=O. The topological polar surface area (TPSA) is 58.6 Å². The third-order valence-corrected chi connectivity index (χ3v) is 3.44. The van der Waals surface area contributed by atoms with Gasteiger partial charge in [-0.25, -0.2) is 0 Å². The van der Waals surface area contributed by atoms with Crippen molar-refractivity contribution in [3.8, 4) is 5.75 Å². The van der Waals surface area contributed by atoms with Crippen molar-refractivity contribution in [3.63, 3.8) is 0 Å². The van der Waals surface area contributed by atoms with Gasteiger partial charge in [-0.2, -0.15) is 0 Å². The fraction of sp³-hybridized carbons (Fsp3) is 0.294. The molecular weight excluding hydrogens is 337 g/mol. The first kappa shape index (κ1) is 18.6. The van der Waals surface area contributed by atoms with Gasteiger partial charge in [0.25, 0.3) is 0 Å². The fourth-order valence-corrected chi connectivity index (χ4v) is 2.39. The fourth-order valence-electron chi connectivity index (χ4n) is 2.39. The Kier molecular flexibility index (Phi) is 5.84. The summed E-state index contributed by atoms with van der Waals surface area (Å²) in [4.78, 5) is 25.4. The van der Waals surface area contributed by atoms with Crippen molar-refractivity contribution >= 4 is 17.5 Å². The van der Waals surface area contributed by atoms with Gasteiger partial charge in [0.05, 0.1) is 0 Å². The number of nitrogens with one attached hydrogen (secondary N) is 1. The Morgan fingerprint density at radius 3 is 2.80 bits per heavy atom. The van der Waals surface area contributed by atoms with Gasteiger partial charge in [0.15, 0.2) is 0 Å². The highest BCUT2D eigenvalue weighted by Crippen LogP contribution is 2.29. The number of amides is 2. The van der Waals surface area contributed by atoms with Crippen LogP contribution in [0, 0.1) is 0 Å². The number of anilines is 1. The van der Waals surface area contributed by atoms with Crippen LogP contribution in [0.1, 0.15) is 13.3 Å². The highest BCUT2D eigenvalue weighted by Gasteiger charge is 2.34. The molecule has 134 valence electrons. The van der Waals surface area contributed by atoms with Crippen LogP contribution >= 0.6 is 0 Å². The number of hydrogen-bond acceptors (Lipinski definition) is 3. The second-order valence-electron chi connectivity index (χ2n) is 5.27. The van der Waals surface area contributed by atoms with Gasteiger partial charge in [-0.05, 0) is 25.5 Å². The number of ether oxygens (including phenoxy) is 1. The van der Waals surface area contributed by atoms with Gasteiger partial charge in [0.2, 0.25) is 11.8 Å². The first-order chi connectivity index (χ1) is 11.8. The summed E-state index contributed by atoms with van der Waals surface area (Å²) in [7, 11) is 0. The molecule has 2 rings (SSSR count). The highest BCUT2D eigenvalue weighted by molar-refractivity contribution is 6.02. The highest BCUT2D eigenvalue weighted by atomic mass is 19.4. The Morgan fingerprint density at radius 1 is 1.36 bits per heavy atom. The minimum absolute atomic E-state index is 0.285. The van der Waals surface area contributed by atoms with E-state index in [2.05, 4.69) is 10.1 Å². The summed E-state index contributed by atoms with van der Waals surface area (Å²) in [6, 6.07) is 4.46. The molecule has 1 unspecified atom stereocenters. The largest absolute Gasteiger partial charge is 0.573 e. The number of carbonyl (C=O) groups is 2. The molecule has 0 bridgehead atoms. The van der Waals surface area contributed by atoms with Crippen LogP contribution in [0.4, 0.5) is 18.9 Å². The zero-order valence-electron chi connectivity index (χ0n) is 13.4. The smallest absolute Gasteiger partial charge is 0.406 e. The molecule has 5 nitrogen and oxygen atoms in total. The number of allylic oxidation sites excluding steroid dienone is 3. The standard InChI is InChI=1S/C17H17F3N2O3/c1-2-3-4-8-15(23)21-14-9-10-22(16(14)24)12-6-5-7-13(11-12)25-17(18,19)20/h2-8,11,14H,9-10H2,1H3,(H,21,23). The molecule has 1 aliphatic heterocycles. The van der Waals surface area contributed by atoms with Crippen LogP contribution in [0.2, 0.25) is 0 Å². The van der Waals surface area contributed by atoms with Gasteiger partial charge < -0.3 is 15.0 Å². The maximum absolute atomic E-state index is 12.4. The van der Waals surface area contributed by atoms with E-state index >= 15 is 0 Å². The number of alkyl halides is 3. The van der Waals surface area contributed by atoms with Crippen LogP contribution in [0.25, 0.3) is 0 Å². The summed E-state index contributed by atoms with van der Waals surface area (Å²) in [6.45, 7) is 2.09. The molecular formula is C17H17F3N2O3. The second kappa shape index (κ2) is 7.87. The molecule has 1 aromatic rings. The Morgan fingerprint density at radius 2 is 2.12 bits per heavy atom. The molecule has 1 N–H and O–H groups in total. The third kappa shape index (κ3) is 5.37. The van der Waals surface area contributed by atoms with Crippen molar-refractivity contribution in [2.75, 3.05) is 11.4 Å². The predicted molar refractivity (Wildman–Crippen MR) is 86.0 cm³/mol. The van der Waals surface area contributed by atoms with Crippen molar-refractivity contribution in [2.45, 2.75) is 25.7 Å². The molecule has 1 aliphatic rings. The van der Waals surface area contributed by atoms with Gasteiger partial charge >= 0.3 is 6.36 Å². The number of nitrogens with zero attached hydrogens (tertiary/aromatic N) is 1. The molecule has 0 radical (unpaired) electrons. The van der Waals surface area contributed by atoms with Crippen LogP contribution in [0.5, 0.6) is 5.75 Å². The number of benzene rings is 1. The summed E-state index contributed by atoms with van der Waals surface area (Å²) in [5, 5.41) is 2.58. The minimum Gasteiger partial charge on any atom is -0.406 e. The van der Waals surface area contributed by atoms with Gasteiger partial charge in [0, 0.05) is 24.4 Å². The zero-order chi connectivity index (χ0) is 18.4. The predicted octanol–water partition coefficient (Wildman–Crippen LogP) is 2.94. The van der Waals surface area contributed by atoms with Crippen LogP contribution in [-0.4, -0.2) is 30.8 Å². The van der Waals surface area contributed by atoms with E-state index in [1.807, 2.05) is 0 Å². The Labute approximate surface area is 142 Å². The summed E-state index contributed by atoms with van der Waals surface area (Å²) in [6.07, 6.45) is 1.84. The monoisotopic (exact) mass is 354 g/mol. The van der Waals surface area contributed by atoms with Crippen LogP contribution < -0.4 is 15.0 Å². The first-order valence-electron chi connectivity index (χ1n) is 7.57. The second-order valence-corrected chi connectivity index (χ2v) is 5.27. The molecule has 1 aromatic carbocycles. The van der Waals surface area contributed by atoms with Crippen molar-refractivity contribution in [1.82, 2.24) is 5.32 Å². The van der Waals surface area contributed by atoms with Crippen LogP contribution in [-0.2, 0) is 9.59 Å². The molecule has 8 heteroatoms. The molecule has 0 aromatic heterocycles. The maximum atomic E-state index is 12.4. The van der Waals surface area contributed by atoms with E-state index in [1.165, 1.54) is 23.1 Å². The van der Waals surface area contributed by atoms with Crippen LogP contribution in [0.3, 0.4) is 0 Å². The van der Waals surface area contributed by atoms with Gasteiger partial charge in [0.1, 0.15) is 11.8 Å². The van der Waals surface area contributed by atoms with Crippen molar-refractivity contribution in [3.05, 3.63) is 48.6 Å². The van der Waals surface area contributed by atoms with Gasteiger partial charge in [-0.1, -0.05) is 24.3 Å². The first-order valence-corrected chi connectivity index (χ1v) is 7.57. The lowest BCUT2D eigenvalue weighted by atomic mass is 10.2. The number of halogens is 3. The van der Waals surface area contributed by atoms with E-state index < -0.39 is 24.1 Å². The molecule has 2 amide bonds. The van der Waals surface area contributed by atoms with Gasteiger partial charge in [-0.15, -0.1) is 13.2 Å². The minimum atomic E-state index is -4.80. The Hall–Kier alpha value is -2.77. The lowest BCUT2D eigenvalue weighted by Gasteiger charge is -2.18. The summed E-state index contributed by atoms with van der Waals surface area (Å²) < 4.78 is 40.8. The molecule has 1 fully saturated rings. The van der Waals surface area contributed by atoms with Crippen molar-refractivity contribution < 1.29 is 27.5 Å². The molecule has 0 saturated carbocycles. The average molecular weight is 354 g/mol. The quantitative estimate of drug-likeness (QED) is 0.653. The van der Waals surface area contributed by atoms with E-state index in [0.29, 0.717) is 6.42 Å². The molecule has 1 heterocycles. The van der Waals surface area contributed by atoms with E-state index in [9.17, 15) is 22.8 Å². The lowest BCUT2D eigenvalue weighted by Crippen LogP contribution is -2.40. The molecule has 1 atom stereocenters. The summed E-state index contributed by atoms with van der Waals surface area (Å²) in [5.41, 5.74) is 0.285. The average Bonchev–Trinajstić information content (AvgIpc) is 2.87. The number of carbonyl (C=O) groups excluding carboxylic acids is 2. The van der Waals surface area contributed by atoms with E-state index in [-0.39, 0.29) is 18.1 Å². The Bertz CT molecular complexity index is 699. The Balaban J connectivity index is 2.04. The van der Waals surface area contributed by atoms with E-state index in [4.69, 9.17) is 0 Å². The molecule has 0 aliphatic carbocycles. The van der Waals surface area contributed by atoms with Crippen molar-refractivity contribution in [2.24, 2.45) is 0 Å².